The largest absolute Gasteiger partial charge is 0.493 e. The molecule has 0 atom stereocenters. The first-order valence-corrected chi connectivity index (χ1v) is 13.5. The van der Waals surface area contributed by atoms with Gasteiger partial charge in [0.1, 0.15) is 4.32 Å². The van der Waals surface area contributed by atoms with E-state index in [9.17, 15) is 9.59 Å². The van der Waals surface area contributed by atoms with Gasteiger partial charge in [-0.3, -0.25) is 14.5 Å². The molecule has 2 amide bonds. The predicted molar refractivity (Wildman–Crippen MR) is 154 cm³/mol. The van der Waals surface area contributed by atoms with E-state index in [1.54, 1.807) is 29.2 Å². The summed E-state index contributed by atoms with van der Waals surface area (Å²) in [6, 6.07) is 18.5. The molecule has 39 heavy (non-hydrogen) atoms. The Bertz CT molecular complexity index is 1450. The number of hydrogen-bond acceptors (Lipinski definition) is 8. The average molecular weight is 563 g/mol. The number of hydrogen-bond donors (Lipinski definition) is 1. The summed E-state index contributed by atoms with van der Waals surface area (Å²) in [5.41, 5.74) is 3.53. The zero-order valence-electron chi connectivity index (χ0n) is 21.4. The number of fused-ring (bicyclic) bond motifs is 1. The highest BCUT2D eigenvalue weighted by Gasteiger charge is 2.32. The third-order valence-corrected chi connectivity index (χ3v) is 7.52. The minimum Gasteiger partial charge on any atom is -0.493 e. The molecule has 1 saturated heterocycles. The Morgan fingerprint density at radius 1 is 1.05 bits per heavy atom. The maximum atomic E-state index is 13.1. The average Bonchev–Trinajstić information content (AvgIpc) is 3.52. The van der Waals surface area contributed by atoms with Crippen molar-refractivity contribution in [3.8, 4) is 23.0 Å². The lowest BCUT2D eigenvalue weighted by atomic mass is 10.1. The van der Waals surface area contributed by atoms with Gasteiger partial charge in [0.15, 0.2) is 29.6 Å². The molecule has 1 N–H and O–H groups in total. The minimum absolute atomic E-state index is 0.175. The van der Waals surface area contributed by atoms with Gasteiger partial charge in [0, 0.05) is 5.69 Å². The molecule has 0 bridgehead atoms. The number of ether oxygens (including phenoxy) is 4. The lowest BCUT2D eigenvalue weighted by molar-refractivity contribution is -0.122. The number of carbonyl (C=O) groups excluding carboxylic acids is 2. The van der Waals surface area contributed by atoms with Crippen LogP contribution in [0.4, 0.5) is 5.69 Å². The molecule has 5 rings (SSSR count). The number of rotatable bonds is 9. The molecule has 1 fully saturated rings. The van der Waals surface area contributed by atoms with Gasteiger partial charge in [0.25, 0.3) is 11.8 Å². The minimum atomic E-state index is -0.281. The van der Waals surface area contributed by atoms with E-state index in [1.807, 2.05) is 42.5 Å². The summed E-state index contributed by atoms with van der Waals surface area (Å²) in [4.78, 5) is 27.6. The van der Waals surface area contributed by atoms with Crippen molar-refractivity contribution in [3.63, 3.8) is 0 Å². The Morgan fingerprint density at radius 2 is 1.82 bits per heavy atom. The van der Waals surface area contributed by atoms with E-state index in [0.717, 1.165) is 17.5 Å². The van der Waals surface area contributed by atoms with Crippen LogP contribution in [0.25, 0.3) is 6.08 Å². The van der Waals surface area contributed by atoms with Gasteiger partial charge in [0.2, 0.25) is 6.79 Å². The summed E-state index contributed by atoms with van der Waals surface area (Å²) in [6.07, 6.45) is 2.70. The molecule has 3 aromatic carbocycles. The van der Waals surface area contributed by atoms with Crippen molar-refractivity contribution in [1.29, 1.82) is 0 Å². The molecule has 0 unspecified atom stereocenters. The number of thioether (sulfide) groups is 1. The number of carbonyl (C=O) groups is 2. The second kappa shape index (κ2) is 11.8. The van der Waals surface area contributed by atoms with Gasteiger partial charge in [-0.05, 0) is 65.6 Å². The quantitative estimate of drug-likeness (QED) is 0.274. The highest BCUT2D eigenvalue weighted by Crippen LogP contribution is 2.37. The molecule has 0 aliphatic carbocycles. The van der Waals surface area contributed by atoms with Gasteiger partial charge in [-0.25, -0.2) is 0 Å². The second-order valence-corrected chi connectivity index (χ2v) is 10.4. The van der Waals surface area contributed by atoms with Crippen LogP contribution >= 0.6 is 24.0 Å². The molecule has 200 valence electrons. The normalized spacial score (nSPS) is 15.1. The maximum Gasteiger partial charge on any atom is 0.266 e. The number of amides is 2. The van der Waals surface area contributed by atoms with Gasteiger partial charge in [0.05, 0.1) is 18.6 Å². The van der Waals surface area contributed by atoms with Crippen molar-refractivity contribution in [2.45, 2.75) is 19.9 Å². The second-order valence-electron chi connectivity index (χ2n) is 8.75. The third kappa shape index (κ3) is 6.18. The van der Waals surface area contributed by atoms with Crippen LogP contribution in [0.1, 0.15) is 23.6 Å². The summed E-state index contributed by atoms with van der Waals surface area (Å²) in [5.74, 6) is 1.75. The van der Waals surface area contributed by atoms with Crippen molar-refractivity contribution in [1.82, 2.24) is 4.90 Å². The molecule has 2 aliphatic rings. The van der Waals surface area contributed by atoms with Gasteiger partial charge in [-0.2, -0.15) is 0 Å². The molecule has 0 aromatic heterocycles. The van der Waals surface area contributed by atoms with Crippen LogP contribution in [0, 0.1) is 0 Å². The topological polar surface area (TPSA) is 86.3 Å². The molecule has 0 radical (unpaired) electrons. The summed E-state index contributed by atoms with van der Waals surface area (Å²) >= 11 is 6.73. The van der Waals surface area contributed by atoms with Crippen molar-refractivity contribution in [3.05, 3.63) is 82.3 Å². The standard InChI is InChI=1S/C29H26N2O6S2/c1-3-18-4-8-21(9-5-18)30-27(32)16-35-22-10-6-19(12-24(22)34-2)14-26-28(33)31(29(38)39-26)15-20-7-11-23-25(13-20)37-17-36-23/h4-14H,3,15-17H2,1-2H3,(H,30,32)/b26-14-. The molecule has 8 nitrogen and oxygen atoms in total. The van der Waals surface area contributed by atoms with Crippen LogP contribution in [0.2, 0.25) is 0 Å². The molecular weight excluding hydrogens is 536 g/mol. The van der Waals surface area contributed by atoms with Crippen LogP contribution in [0.3, 0.4) is 0 Å². The van der Waals surface area contributed by atoms with E-state index in [0.29, 0.717) is 44.5 Å². The van der Waals surface area contributed by atoms with Crippen molar-refractivity contribution in [2.75, 3.05) is 25.8 Å². The van der Waals surface area contributed by atoms with Gasteiger partial charge in [-0.15, -0.1) is 0 Å². The van der Waals surface area contributed by atoms with Crippen LogP contribution in [0.5, 0.6) is 23.0 Å². The number of thiocarbonyl (C=S) groups is 1. The monoisotopic (exact) mass is 562 g/mol. The fraction of sp³-hybridized carbons (Fsp3) is 0.207. The fourth-order valence-corrected chi connectivity index (χ4v) is 5.32. The van der Waals surface area contributed by atoms with Crippen LogP contribution < -0.4 is 24.3 Å². The summed E-state index contributed by atoms with van der Waals surface area (Å²) in [6.45, 7) is 2.42. The Balaban J connectivity index is 1.22. The van der Waals surface area contributed by atoms with Crippen LogP contribution in [-0.4, -0.2) is 41.5 Å². The molecule has 0 spiro atoms. The van der Waals surface area contributed by atoms with Crippen molar-refractivity contribution < 1.29 is 28.5 Å². The lowest BCUT2D eigenvalue weighted by Gasteiger charge is -2.14. The number of nitrogens with zero attached hydrogens (tertiary/aromatic N) is 1. The van der Waals surface area contributed by atoms with Crippen molar-refractivity contribution >= 4 is 51.9 Å². The first-order chi connectivity index (χ1) is 18.9. The first kappa shape index (κ1) is 26.6. The highest BCUT2D eigenvalue weighted by molar-refractivity contribution is 8.26. The molecule has 0 saturated carbocycles. The number of methoxy groups -OCH3 is 1. The van der Waals surface area contributed by atoms with Crippen LogP contribution in [0.15, 0.2) is 65.6 Å². The predicted octanol–water partition coefficient (Wildman–Crippen LogP) is 5.41. The molecule has 2 aliphatic heterocycles. The summed E-state index contributed by atoms with van der Waals surface area (Å²) < 4.78 is 22.4. The number of aryl methyl sites for hydroxylation is 1. The number of benzene rings is 3. The van der Waals surface area contributed by atoms with E-state index in [2.05, 4.69) is 12.2 Å². The molecule has 2 heterocycles. The van der Waals surface area contributed by atoms with Crippen molar-refractivity contribution in [2.24, 2.45) is 0 Å². The smallest absolute Gasteiger partial charge is 0.266 e. The Hall–Kier alpha value is -4.02. The van der Waals surface area contributed by atoms with E-state index < -0.39 is 0 Å². The van der Waals surface area contributed by atoms with E-state index in [1.165, 1.54) is 24.4 Å². The SMILES string of the molecule is CCc1ccc(NC(=O)COc2ccc(/C=C3\SC(=S)N(Cc4ccc5c(c4)OCO5)C3=O)cc2OC)cc1. The third-order valence-electron chi connectivity index (χ3n) is 6.14. The Labute approximate surface area is 235 Å². The Kier molecular flexibility index (Phi) is 8.04. The molecule has 3 aromatic rings. The van der Waals surface area contributed by atoms with Gasteiger partial charge < -0.3 is 24.3 Å². The molecule has 10 heteroatoms. The zero-order chi connectivity index (χ0) is 27.4. The number of anilines is 1. The fourth-order valence-electron chi connectivity index (χ4n) is 4.07. The highest BCUT2D eigenvalue weighted by atomic mass is 32.2. The first-order valence-electron chi connectivity index (χ1n) is 12.3. The maximum absolute atomic E-state index is 13.1. The van der Waals surface area contributed by atoms with E-state index in [-0.39, 0.29) is 25.2 Å². The van der Waals surface area contributed by atoms with Crippen LogP contribution in [-0.2, 0) is 22.6 Å². The lowest BCUT2D eigenvalue weighted by Crippen LogP contribution is -2.27. The summed E-state index contributed by atoms with van der Waals surface area (Å²) in [5, 5.41) is 2.82. The Morgan fingerprint density at radius 3 is 2.59 bits per heavy atom. The summed E-state index contributed by atoms with van der Waals surface area (Å²) in [7, 11) is 1.52. The zero-order valence-corrected chi connectivity index (χ0v) is 23.0. The molecular formula is C29H26N2O6S2. The van der Waals surface area contributed by atoms with E-state index >= 15 is 0 Å². The number of nitrogens with one attached hydrogen (secondary N) is 1. The van der Waals surface area contributed by atoms with Gasteiger partial charge >= 0.3 is 0 Å². The van der Waals surface area contributed by atoms with Gasteiger partial charge in [-0.1, -0.05) is 55.2 Å². The van der Waals surface area contributed by atoms with E-state index in [4.69, 9.17) is 31.2 Å².